The summed E-state index contributed by atoms with van der Waals surface area (Å²) >= 11 is 0. The zero-order valence-corrected chi connectivity index (χ0v) is 15.7. The number of nitro benzene ring substituents is 1. The minimum absolute atomic E-state index is 0.0932. The Kier molecular flexibility index (Phi) is 6.24. The van der Waals surface area contributed by atoms with E-state index in [0.29, 0.717) is 18.8 Å². The Hall–Kier alpha value is -3.38. The molecule has 3 aromatic carbocycles. The standard InChI is InChI=1S/C22H22N3O3/c1-23(26)21-11-7-19(8-12-21)16-24(15-18-5-3-2-4-6-18)17-20-9-13-22(14-10-20)25(27)28/h2-14H,15-17H2,1H3/q+1. The van der Waals surface area contributed by atoms with Crippen LogP contribution in [0.15, 0.2) is 78.9 Å². The van der Waals surface area contributed by atoms with Crippen LogP contribution in [0.2, 0.25) is 0 Å². The summed E-state index contributed by atoms with van der Waals surface area (Å²) in [6.07, 6.45) is 0. The summed E-state index contributed by atoms with van der Waals surface area (Å²) in [5.74, 6) is 0. The summed E-state index contributed by atoms with van der Waals surface area (Å²) < 4.78 is 0.836. The predicted molar refractivity (Wildman–Crippen MR) is 108 cm³/mol. The Morgan fingerprint density at radius 3 is 1.54 bits per heavy atom. The van der Waals surface area contributed by atoms with Gasteiger partial charge in [-0.3, -0.25) is 15.0 Å². The highest BCUT2D eigenvalue weighted by atomic mass is 16.6. The highest BCUT2D eigenvalue weighted by Gasteiger charge is 2.12. The average Bonchev–Trinajstić information content (AvgIpc) is 2.69. The molecule has 142 valence electrons. The molecule has 0 spiro atoms. The number of non-ortho nitro benzene ring substituents is 1. The monoisotopic (exact) mass is 376 g/mol. The van der Waals surface area contributed by atoms with E-state index in [4.69, 9.17) is 0 Å². The van der Waals surface area contributed by atoms with Crippen molar-refractivity contribution in [3.8, 4) is 0 Å². The molecule has 0 N–H and O–H groups in total. The van der Waals surface area contributed by atoms with Gasteiger partial charge in [0, 0.05) is 53.6 Å². The Morgan fingerprint density at radius 1 is 0.679 bits per heavy atom. The van der Waals surface area contributed by atoms with E-state index in [2.05, 4.69) is 17.0 Å². The Balaban J connectivity index is 1.77. The minimum atomic E-state index is -0.389. The third kappa shape index (κ3) is 5.31. The summed E-state index contributed by atoms with van der Waals surface area (Å²) in [6.45, 7) is 2.12. The molecule has 28 heavy (non-hydrogen) atoms. The predicted octanol–water partition coefficient (Wildman–Crippen LogP) is 4.84. The van der Waals surface area contributed by atoms with Crippen molar-refractivity contribution in [3.63, 3.8) is 0 Å². The Morgan fingerprint density at radius 2 is 1.11 bits per heavy atom. The number of benzene rings is 3. The van der Waals surface area contributed by atoms with Crippen molar-refractivity contribution in [1.82, 2.24) is 4.90 Å². The fourth-order valence-corrected chi connectivity index (χ4v) is 3.06. The maximum absolute atomic E-state index is 11.4. The molecule has 0 aliphatic carbocycles. The summed E-state index contributed by atoms with van der Waals surface area (Å²) in [7, 11) is 1.48. The molecular formula is C22H22N3O3+. The molecule has 3 aromatic rings. The van der Waals surface area contributed by atoms with Crippen LogP contribution in [-0.4, -0.2) is 21.6 Å². The van der Waals surface area contributed by atoms with Gasteiger partial charge in [-0.05, 0) is 16.7 Å². The van der Waals surface area contributed by atoms with Gasteiger partial charge >= 0.3 is 0 Å². The molecule has 0 heterocycles. The summed E-state index contributed by atoms with van der Waals surface area (Å²) in [5.41, 5.74) is 4.02. The van der Waals surface area contributed by atoms with Crippen molar-refractivity contribution in [2.75, 3.05) is 7.05 Å². The molecule has 6 heteroatoms. The quantitative estimate of drug-likeness (QED) is 0.321. The second kappa shape index (κ2) is 9.01. The molecule has 0 fully saturated rings. The number of nitro groups is 1. The van der Waals surface area contributed by atoms with Crippen molar-refractivity contribution in [1.29, 1.82) is 0 Å². The van der Waals surface area contributed by atoms with Gasteiger partial charge in [0.15, 0.2) is 7.05 Å². The molecule has 0 amide bonds. The third-order valence-electron chi connectivity index (χ3n) is 4.51. The van der Waals surface area contributed by atoms with E-state index in [1.807, 2.05) is 42.5 Å². The molecule has 0 radical (unpaired) electrons. The highest BCUT2D eigenvalue weighted by molar-refractivity contribution is 5.34. The van der Waals surface area contributed by atoms with E-state index < -0.39 is 0 Å². The van der Waals surface area contributed by atoms with Gasteiger partial charge in [0.2, 0.25) is 0 Å². The fourth-order valence-electron chi connectivity index (χ4n) is 3.06. The largest absolute Gasteiger partial charge is 0.291 e. The zero-order valence-electron chi connectivity index (χ0n) is 15.7. The van der Waals surface area contributed by atoms with Gasteiger partial charge in [-0.1, -0.05) is 54.6 Å². The van der Waals surface area contributed by atoms with Gasteiger partial charge in [-0.2, -0.15) is 0 Å². The van der Waals surface area contributed by atoms with Gasteiger partial charge < -0.3 is 0 Å². The highest BCUT2D eigenvalue weighted by Crippen LogP contribution is 2.18. The van der Waals surface area contributed by atoms with Crippen LogP contribution in [0.4, 0.5) is 11.4 Å². The molecule has 6 nitrogen and oxygen atoms in total. The summed E-state index contributed by atoms with van der Waals surface area (Å²) in [5, 5.41) is 10.9. The average molecular weight is 376 g/mol. The number of nitrogens with zero attached hydrogens (tertiary/aromatic N) is 3. The number of hydrogen-bond donors (Lipinski definition) is 0. The van der Waals surface area contributed by atoms with Crippen molar-refractivity contribution >= 4 is 11.4 Å². The topological polar surface area (TPSA) is 66.5 Å². The van der Waals surface area contributed by atoms with Crippen LogP contribution in [0.3, 0.4) is 0 Å². The van der Waals surface area contributed by atoms with Gasteiger partial charge in [0.05, 0.1) is 4.92 Å². The number of rotatable bonds is 8. The second-order valence-corrected chi connectivity index (χ2v) is 6.72. The molecule has 0 aliphatic heterocycles. The van der Waals surface area contributed by atoms with E-state index in [9.17, 15) is 15.0 Å². The van der Waals surface area contributed by atoms with Gasteiger partial charge in [-0.25, -0.2) is 0 Å². The van der Waals surface area contributed by atoms with Crippen LogP contribution < -0.4 is 0 Å². The molecule has 0 saturated carbocycles. The summed E-state index contributed by atoms with van der Waals surface area (Å²) in [6, 6.07) is 24.4. The lowest BCUT2D eigenvalue weighted by molar-refractivity contribution is -0.428. The van der Waals surface area contributed by atoms with Gasteiger partial charge in [0.25, 0.3) is 11.4 Å². The van der Waals surface area contributed by atoms with Gasteiger partial charge in [0.1, 0.15) is 0 Å². The zero-order chi connectivity index (χ0) is 19.9. The lowest BCUT2D eigenvalue weighted by Gasteiger charge is -2.23. The van der Waals surface area contributed by atoms with Crippen LogP contribution in [0.1, 0.15) is 16.7 Å². The lowest BCUT2D eigenvalue weighted by Crippen LogP contribution is -2.22. The van der Waals surface area contributed by atoms with Crippen molar-refractivity contribution in [2.45, 2.75) is 19.6 Å². The molecule has 0 bridgehead atoms. The SMILES string of the molecule is C[N+](=O)c1ccc(CN(Cc2ccccc2)Cc2ccc([N+](=O)[O-])cc2)cc1. The van der Waals surface area contributed by atoms with E-state index in [1.54, 1.807) is 12.1 Å². The lowest BCUT2D eigenvalue weighted by atomic mass is 10.1. The van der Waals surface area contributed by atoms with Crippen LogP contribution in [0.25, 0.3) is 0 Å². The molecule has 0 aromatic heterocycles. The molecule has 0 saturated heterocycles. The van der Waals surface area contributed by atoms with Crippen molar-refractivity contribution in [3.05, 3.63) is 111 Å². The van der Waals surface area contributed by atoms with Crippen molar-refractivity contribution in [2.24, 2.45) is 0 Å². The van der Waals surface area contributed by atoms with E-state index in [-0.39, 0.29) is 10.6 Å². The van der Waals surface area contributed by atoms with E-state index in [1.165, 1.54) is 24.7 Å². The van der Waals surface area contributed by atoms with Crippen LogP contribution in [-0.2, 0) is 19.6 Å². The molecule has 3 rings (SSSR count). The van der Waals surface area contributed by atoms with Crippen LogP contribution >= 0.6 is 0 Å². The fraction of sp³-hybridized carbons (Fsp3) is 0.182. The first-order chi connectivity index (χ1) is 13.5. The maximum atomic E-state index is 11.4. The first-order valence-corrected chi connectivity index (χ1v) is 9.00. The molecule has 0 unspecified atom stereocenters. The van der Waals surface area contributed by atoms with Crippen LogP contribution in [0.5, 0.6) is 0 Å². The number of hydrogen-bond acceptors (Lipinski definition) is 4. The van der Waals surface area contributed by atoms with Crippen molar-refractivity contribution < 1.29 is 9.68 Å². The van der Waals surface area contributed by atoms with E-state index in [0.717, 1.165) is 22.4 Å². The molecular weight excluding hydrogens is 354 g/mol. The number of nitroso groups, excluding NO2 is 1. The third-order valence-corrected chi connectivity index (χ3v) is 4.51. The van der Waals surface area contributed by atoms with Crippen LogP contribution in [0, 0.1) is 15.0 Å². The first kappa shape index (κ1) is 19.4. The summed E-state index contributed by atoms with van der Waals surface area (Å²) in [4.78, 5) is 24.1. The smallest absolute Gasteiger partial charge is 0.269 e. The second-order valence-electron chi connectivity index (χ2n) is 6.72. The van der Waals surface area contributed by atoms with E-state index >= 15 is 0 Å². The maximum Gasteiger partial charge on any atom is 0.269 e. The molecule has 0 atom stereocenters. The van der Waals surface area contributed by atoms with Gasteiger partial charge in [-0.15, -0.1) is 0 Å². The first-order valence-electron chi connectivity index (χ1n) is 9.00. The minimum Gasteiger partial charge on any atom is -0.291 e. The Bertz CT molecular complexity index is 880. The molecule has 0 aliphatic rings. The normalized spacial score (nSPS) is 10.8. The Labute approximate surface area is 163 Å².